The summed E-state index contributed by atoms with van der Waals surface area (Å²) >= 11 is 1.37. The molecule has 186 valence electrons. The number of thioether (sulfide) groups is 1. The number of carbonyl (C=O) groups excluding carboxylic acids is 1. The number of aromatic nitrogens is 2. The second-order valence-electron chi connectivity index (χ2n) is 7.98. The highest BCUT2D eigenvalue weighted by Gasteiger charge is 2.14. The van der Waals surface area contributed by atoms with Gasteiger partial charge in [0.15, 0.2) is 5.16 Å². The molecule has 36 heavy (non-hydrogen) atoms. The Morgan fingerprint density at radius 3 is 2.39 bits per heavy atom. The van der Waals surface area contributed by atoms with Gasteiger partial charge >= 0.3 is 0 Å². The van der Waals surface area contributed by atoms with Crippen molar-refractivity contribution < 1.29 is 19.0 Å². The van der Waals surface area contributed by atoms with Crippen LogP contribution in [0.15, 0.2) is 70.9 Å². The van der Waals surface area contributed by atoms with Crippen LogP contribution in [0.3, 0.4) is 0 Å². The molecule has 1 aromatic heterocycles. The molecule has 0 spiro atoms. The fourth-order valence-electron chi connectivity index (χ4n) is 3.68. The van der Waals surface area contributed by atoms with E-state index in [-0.39, 0.29) is 11.7 Å². The number of fused-ring (bicyclic) bond motifs is 1. The highest BCUT2D eigenvalue weighted by Crippen LogP contribution is 2.32. The van der Waals surface area contributed by atoms with Crippen molar-refractivity contribution in [2.45, 2.75) is 18.6 Å². The number of amides is 1. The molecule has 0 aliphatic heterocycles. The Morgan fingerprint density at radius 1 is 1.03 bits per heavy atom. The lowest BCUT2D eigenvalue weighted by molar-refractivity contribution is -0.118. The summed E-state index contributed by atoms with van der Waals surface area (Å²) in [6, 6.07) is 19.8. The molecule has 0 aliphatic rings. The average molecular weight is 505 g/mol. The molecule has 1 amide bonds. The third-order valence-electron chi connectivity index (χ3n) is 5.55. The molecule has 1 heterocycles. The molecule has 1 N–H and O–H groups in total. The third-order valence-corrected chi connectivity index (χ3v) is 6.53. The molecule has 3 aromatic carbocycles. The molecule has 0 atom stereocenters. The van der Waals surface area contributed by atoms with Crippen LogP contribution < -0.4 is 19.6 Å². The van der Waals surface area contributed by atoms with Gasteiger partial charge in [0.1, 0.15) is 17.2 Å². The molecule has 0 saturated heterocycles. The van der Waals surface area contributed by atoms with Gasteiger partial charge in [0, 0.05) is 12.1 Å². The molecule has 4 rings (SSSR count). The zero-order chi connectivity index (χ0) is 25.5. The fourth-order valence-corrected chi connectivity index (χ4v) is 4.49. The molecule has 0 unspecified atom stereocenters. The van der Waals surface area contributed by atoms with Crippen molar-refractivity contribution in [3.8, 4) is 17.2 Å². The maximum absolute atomic E-state index is 12.6. The summed E-state index contributed by atoms with van der Waals surface area (Å²) in [6.45, 7) is 2.74. The first-order valence-corrected chi connectivity index (χ1v) is 12.3. The number of rotatable bonds is 10. The lowest BCUT2D eigenvalue weighted by Gasteiger charge is -2.12. The van der Waals surface area contributed by atoms with Crippen LogP contribution in [0.2, 0.25) is 0 Å². The zero-order valence-electron chi connectivity index (χ0n) is 20.6. The first-order valence-electron chi connectivity index (χ1n) is 11.3. The summed E-state index contributed by atoms with van der Waals surface area (Å²) < 4.78 is 18.2. The van der Waals surface area contributed by atoms with Gasteiger partial charge in [-0.3, -0.25) is 4.79 Å². The number of nitrogens with one attached hydrogen (secondary N) is 1. The summed E-state index contributed by atoms with van der Waals surface area (Å²) in [4.78, 5) is 17.3. The summed E-state index contributed by atoms with van der Waals surface area (Å²) in [7, 11) is 4.65. The Labute approximate surface area is 214 Å². The summed E-state index contributed by atoms with van der Waals surface area (Å²) in [5, 5.41) is 4.87. The number of ether oxygens (including phenoxy) is 3. The summed E-state index contributed by atoms with van der Waals surface area (Å²) in [6.07, 6.45) is 1.49. The monoisotopic (exact) mass is 504 g/mol. The van der Waals surface area contributed by atoms with Crippen molar-refractivity contribution in [3.05, 3.63) is 77.4 Å². The molecule has 0 radical (unpaired) electrons. The molecule has 0 saturated carbocycles. The number of para-hydroxylation sites is 2. The molecule has 4 aromatic rings. The smallest absolute Gasteiger partial charge is 0.250 e. The number of hydrogen-bond donors (Lipinski definition) is 1. The van der Waals surface area contributed by atoms with Crippen LogP contribution in [0.25, 0.3) is 11.0 Å². The number of methoxy groups -OCH3 is 3. The van der Waals surface area contributed by atoms with Crippen LogP contribution in [-0.4, -0.2) is 48.8 Å². The maximum atomic E-state index is 12.6. The van der Waals surface area contributed by atoms with Gasteiger partial charge in [0.05, 0.1) is 56.4 Å². The van der Waals surface area contributed by atoms with E-state index >= 15 is 0 Å². The van der Waals surface area contributed by atoms with Gasteiger partial charge in [-0.15, -0.1) is 0 Å². The van der Waals surface area contributed by atoms with Gasteiger partial charge in [-0.1, -0.05) is 53.7 Å². The second kappa shape index (κ2) is 11.6. The normalized spacial score (nSPS) is 11.1. The van der Waals surface area contributed by atoms with Crippen LogP contribution >= 0.6 is 11.8 Å². The number of hydrogen-bond acceptors (Lipinski definition) is 7. The first kappa shape index (κ1) is 25.1. The van der Waals surface area contributed by atoms with E-state index in [0.717, 1.165) is 16.2 Å². The van der Waals surface area contributed by atoms with Crippen LogP contribution in [-0.2, 0) is 11.3 Å². The maximum Gasteiger partial charge on any atom is 0.250 e. The lowest BCUT2D eigenvalue weighted by atomic mass is 10.1. The van der Waals surface area contributed by atoms with Crippen LogP contribution in [0.4, 0.5) is 0 Å². The number of benzene rings is 3. The van der Waals surface area contributed by atoms with Gasteiger partial charge in [0.2, 0.25) is 0 Å². The van der Waals surface area contributed by atoms with Crippen molar-refractivity contribution in [1.82, 2.24) is 15.0 Å². The number of imidazole rings is 1. The van der Waals surface area contributed by atoms with Crippen molar-refractivity contribution in [2.75, 3.05) is 27.1 Å². The van der Waals surface area contributed by atoms with E-state index in [1.807, 2.05) is 24.3 Å². The minimum absolute atomic E-state index is 0.158. The quantitative estimate of drug-likeness (QED) is 0.192. The van der Waals surface area contributed by atoms with Gasteiger partial charge < -0.3 is 18.8 Å². The van der Waals surface area contributed by atoms with Gasteiger partial charge in [-0.2, -0.15) is 5.10 Å². The zero-order valence-corrected chi connectivity index (χ0v) is 21.5. The van der Waals surface area contributed by atoms with Crippen LogP contribution in [0.5, 0.6) is 17.2 Å². The molecule has 0 fully saturated rings. The number of carbonyl (C=O) groups is 1. The van der Waals surface area contributed by atoms with E-state index < -0.39 is 0 Å². The molecule has 9 heteroatoms. The standard InChI is InChI=1S/C27H28N4O4S/c1-18-9-11-19(12-10-18)16-31-23-8-6-5-7-22(23)29-27(31)36-17-26(32)30-28-15-21-24(34-3)13-20(33-2)14-25(21)35-4/h5-15H,16-17H2,1-4H3,(H,30,32). The van der Waals surface area contributed by atoms with E-state index in [1.54, 1.807) is 33.5 Å². The van der Waals surface area contributed by atoms with Gasteiger partial charge in [0.25, 0.3) is 5.91 Å². The molecular weight excluding hydrogens is 476 g/mol. The Balaban J connectivity index is 1.46. The fraction of sp³-hybridized carbons (Fsp3) is 0.222. The van der Waals surface area contributed by atoms with E-state index in [0.29, 0.717) is 29.4 Å². The minimum atomic E-state index is -0.253. The molecule has 8 nitrogen and oxygen atoms in total. The molecule has 0 bridgehead atoms. The van der Waals surface area contributed by atoms with Crippen LogP contribution in [0.1, 0.15) is 16.7 Å². The number of aryl methyl sites for hydroxylation is 1. The number of hydrazone groups is 1. The molecular formula is C27H28N4O4S. The van der Waals surface area contributed by atoms with Crippen molar-refractivity contribution >= 4 is 34.9 Å². The Kier molecular flexibility index (Phi) is 8.12. The highest BCUT2D eigenvalue weighted by atomic mass is 32.2. The van der Waals surface area contributed by atoms with E-state index in [4.69, 9.17) is 19.2 Å². The minimum Gasteiger partial charge on any atom is -0.496 e. The van der Waals surface area contributed by atoms with Gasteiger partial charge in [-0.05, 0) is 24.6 Å². The lowest BCUT2D eigenvalue weighted by Crippen LogP contribution is -2.20. The summed E-state index contributed by atoms with van der Waals surface area (Å²) in [5.74, 6) is 1.53. The topological polar surface area (TPSA) is 87.0 Å². The average Bonchev–Trinajstić information content (AvgIpc) is 3.25. The van der Waals surface area contributed by atoms with E-state index in [9.17, 15) is 4.79 Å². The predicted octanol–water partition coefficient (Wildman–Crippen LogP) is 4.66. The predicted molar refractivity (Wildman–Crippen MR) is 143 cm³/mol. The van der Waals surface area contributed by atoms with Crippen molar-refractivity contribution in [1.29, 1.82) is 0 Å². The number of nitrogens with zero attached hydrogens (tertiary/aromatic N) is 3. The highest BCUT2D eigenvalue weighted by molar-refractivity contribution is 7.99. The third kappa shape index (κ3) is 5.80. The summed E-state index contributed by atoms with van der Waals surface area (Å²) in [5.41, 5.74) is 7.46. The van der Waals surface area contributed by atoms with Crippen molar-refractivity contribution in [2.24, 2.45) is 5.10 Å². The molecule has 0 aliphatic carbocycles. The SMILES string of the molecule is COc1cc(OC)c(C=NNC(=O)CSc2nc3ccccc3n2Cc2ccc(C)cc2)c(OC)c1. The van der Waals surface area contributed by atoms with Crippen molar-refractivity contribution in [3.63, 3.8) is 0 Å². The Hall–Kier alpha value is -3.98. The first-order chi connectivity index (χ1) is 17.5. The second-order valence-corrected chi connectivity index (χ2v) is 8.92. The largest absolute Gasteiger partial charge is 0.496 e. The van der Waals surface area contributed by atoms with Crippen LogP contribution in [0, 0.1) is 6.92 Å². The van der Waals surface area contributed by atoms with E-state index in [1.165, 1.54) is 29.1 Å². The van der Waals surface area contributed by atoms with Gasteiger partial charge in [-0.25, -0.2) is 10.4 Å². The Morgan fingerprint density at radius 2 is 1.72 bits per heavy atom. The van der Waals surface area contributed by atoms with E-state index in [2.05, 4.69) is 46.3 Å². The Bertz CT molecular complexity index is 1360.